The minimum atomic E-state index is -4.44. The number of carbonyl (C=O) groups excluding carboxylic acids is 1. The number of halogens is 3. The summed E-state index contributed by atoms with van der Waals surface area (Å²) < 4.78 is 69.0. The second-order valence-corrected chi connectivity index (χ2v) is 13.4. The lowest BCUT2D eigenvalue weighted by atomic mass is 10.0. The Labute approximate surface area is 233 Å². The molecule has 1 amide bonds. The van der Waals surface area contributed by atoms with Gasteiger partial charge in [-0.25, -0.2) is 13.4 Å². The van der Waals surface area contributed by atoms with Gasteiger partial charge in [-0.3, -0.25) is 14.2 Å². The predicted molar refractivity (Wildman–Crippen MR) is 146 cm³/mol. The van der Waals surface area contributed by atoms with Gasteiger partial charge in [0.25, 0.3) is 5.56 Å². The summed E-state index contributed by atoms with van der Waals surface area (Å²) in [5, 5.41) is 0.00536. The highest BCUT2D eigenvalue weighted by molar-refractivity contribution is 7.89. The molecule has 0 unspecified atom stereocenters. The van der Waals surface area contributed by atoms with Gasteiger partial charge in [0.2, 0.25) is 15.9 Å². The molecule has 2 aromatic heterocycles. The van der Waals surface area contributed by atoms with Gasteiger partial charge >= 0.3 is 6.18 Å². The lowest BCUT2D eigenvalue weighted by molar-refractivity contribution is -0.137. The molecule has 5 rings (SSSR count). The topological polar surface area (TPSA) is 95.8 Å². The number of alkyl halides is 3. The van der Waals surface area contributed by atoms with Crippen LogP contribution < -0.4 is 10.5 Å². The third-order valence-corrected chi connectivity index (χ3v) is 10.8. The van der Waals surface area contributed by atoms with Crippen molar-refractivity contribution in [3.8, 4) is 0 Å². The van der Waals surface area contributed by atoms with Crippen LogP contribution in [0.5, 0.6) is 0 Å². The Hall–Kier alpha value is -2.97. The number of rotatable bonds is 5. The molecule has 0 aliphatic carbocycles. The van der Waals surface area contributed by atoms with Gasteiger partial charge in [-0.1, -0.05) is 13.0 Å². The zero-order valence-corrected chi connectivity index (χ0v) is 23.8. The molecule has 0 radical (unpaired) electrons. The monoisotopic (exact) mass is 597 g/mol. The van der Waals surface area contributed by atoms with E-state index in [0.29, 0.717) is 47.5 Å². The zero-order chi connectivity index (χ0) is 28.8. The number of nitrogens with zero attached hydrogens (tertiary/aromatic N) is 5. The van der Waals surface area contributed by atoms with Crippen LogP contribution in [0.3, 0.4) is 0 Å². The number of hydrogen-bond donors (Lipinski definition) is 0. The van der Waals surface area contributed by atoms with E-state index in [9.17, 15) is 31.2 Å². The smallest absolute Gasteiger partial charge is 0.368 e. The number of fused-ring (bicyclic) bond motifs is 1. The Morgan fingerprint density at radius 2 is 1.77 bits per heavy atom. The van der Waals surface area contributed by atoms with E-state index < -0.39 is 27.3 Å². The number of aromatic nitrogens is 2. The molecular weight excluding hydrogens is 567 g/mol. The summed E-state index contributed by atoms with van der Waals surface area (Å²) in [5.41, 5.74) is -0.891. The van der Waals surface area contributed by atoms with Crippen LogP contribution in [0, 0.1) is 12.8 Å². The molecule has 4 heterocycles. The first-order chi connectivity index (χ1) is 18.9. The second kappa shape index (κ2) is 10.8. The molecule has 0 N–H and O–H groups in total. The van der Waals surface area contributed by atoms with Crippen molar-refractivity contribution >= 4 is 43.2 Å². The number of anilines is 1. The number of aryl methyl sites for hydroxylation is 1. The summed E-state index contributed by atoms with van der Waals surface area (Å²) in [7, 11) is -3.91. The number of piperazine rings is 1. The molecule has 216 valence electrons. The van der Waals surface area contributed by atoms with Gasteiger partial charge in [-0.05, 0) is 43.9 Å². The van der Waals surface area contributed by atoms with Crippen molar-refractivity contribution in [1.82, 2.24) is 18.8 Å². The molecule has 14 heteroatoms. The van der Waals surface area contributed by atoms with E-state index in [2.05, 4.69) is 11.9 Å². The Morgan fingerprint density at radius 3 is 2.42 bits per heavy atom. The third kappa shape index (κ3) is 5.48. The van der Waals surface area contributed by atoms with Crippen molar-refractivity contribution < 1.29 is 26.4 Å². The van der Waals surface area contributed by atoms with Crippen LogP contribution in [-0.2, 0) is 27.5 Å². The predicted octanol–water partition coefficient (Wildman–Crippen LogP) is 3.55. The molecule has 1 aromatic carbocycles. The summed E-state index contributed by atoms with van der Waals surface area (Å²) in [6.45, 7) is 5.40. The van der Waals surface area contributed by atoms with Gasteiger partial charge in [0.15, 0.2) is 0 Å². The van der Waals surface area contributed by atoms with E-state index in [1.54, 1.807) is 22.8 Å². The zero-order valence-electron chi connectivity index (χ0n) is 22.1. The highest BCUT2D eigenvalue weighted by Gasteiger charge is 2.34. The van der Waals surface area contributed by atoms with E-state index in [0.717, 1.165) is 40.9 Å². The molecule has 3 aromatic rings. The summed E-state index contributed by atoms with van der Waals surface area (Å²) >= 11 is 1.14. The first-order valence-electron chi connectivity index (χ1n) is 13.0. The summed E-state index contributed by atoms with van der Waals surface area (Å²) in [5.74, 6) is 0.0805. The molecule has 0 bridgehead atoms. The molecule has 0 saturated carbocycles. The van der Waals surface area contributed by atoms with Crippen LogP contribution in [0.1, 0.15) is 30.2 Å². The molecule has 2 aliphatic heterocycles. The Balaban J connectivity index is 1.32. The molecular formula is C26H30F3N5O4S2. The fourth-order valence-corrected chi connectivity index (χ4v) is 8.37. The highest BCUT2D eigenvalue weighted by Crippen LogP contribution is 2.35. The van der Waals surface area contributed by atoms with Crippen molar-refractivity contribution in [2.75, 3.05) is 44.2 Å². The number of piperidine rings is 1. The maximum absolute atomic E-state index is 13.6. The maximum Gasteiger partial charge on any atom is 0.416 e. The second-order valence-electron chi connectivity index (χ2n) is 10.3. The average molecular weight is 598 g/mol. The molecule has 2 saturated heterocycles. The largest absolute Gasteiger partial charge is 0.416 e. The van der Waals surface area contributed by atoms with E-state index in [1.807, 2.05) is 0 Å². The van der Waals surface area contributed by atoms with Gasteiger partial charge in [0, 0.05) is 49.8 Å². The summed E-state index contributed by atoms with van der Waals surface area (Å²) in [6, 6.07) is 5.07. The Kier molecular flexibility index (Phi) is 7.70. The van der Waals surface area contributed by atoms with E-state index in [-0.39, 0.29) is 35.8 Å². The maximum atomic E-state index is 13.6. The standard InChI is InChI=1S/C26H30F3N5O4S2/c1-17-6-8-34(9-7-17)40(37,38)23-18(2)39-24-22(23)25(36)33(16-30-24)15-21(35)32-12-10-31(11-13-32)20-5-3-4-19(14-20)26(27,28)29/h3-5,14,16-17H,6-13,15H2,1-2H3. The molecule has 0 atom stereocenters. The Morgan fingerprint density at radius 1 is 1.10 bits per heavy atom. The summed E-state index contributed by atoms with van der Waals surface area (Å²) in [4.78, 5) is 35.0. The number of hydrogen-bond acceptors (Lipinski definition) is 7. The average Bonchev–Trinajstić information content (AvgIpc) is 3.27. The van der Waals surface area contributed by atoms with Gasteiger partial charge in [0.1, 0.15) is 16.3 Å². The van der Waals surface area contributed by atoms with Crippen molar-refractivity contribution in [1.29, 1.82) is 0 Å². The van der Waals surface area contributed by atoms with Gasteiger partial charge < -0.3 is 9.80 Å². The fourth-order valence-electron chi connectivity index (χ4n) is 5.23. The highest BCUT2D eigenvalue weighted by atomic mass is 32.2. The lowest BCUT2D eigenvalue weighted by Crippen LogP contribution is -2.50. The lowest BCUT2D eigenvalue weighted by Gasteiger charge is -2.36. The van der Waals surface area contributed by atoms with Crippen LogP contribution in [0.4, 0.5) is 18.9 Å². The van der Waals surface area contributed by atoms with Gasteiger partial charge in [-0.2, -0.15) is 17.5 Å². The van der Waals surface area contributed by atoms with Gasteiger partial charge in [-0.15, -0.1) is 11.3 Å². The SMILES string of the molecule is Cc1sc2ncn(CC(=O)N3CCN(c4cccc(C(F)(F)F)c4)CC3)c(=O)c2c1S(=O)(=O)N1CCC(C)CC1. The number of thiophene rings is 1. The van der Waals surface area contributed by atoms with Crippen LogP contribution in [0.25, 0.3) is 10.2 Å². The molecule has 0 spiro atoms. The first kappa shape index (κ1) is 28.6. The Bertz CT molecular complexity index is 1590. The van der Waals surface area contributed by atoms with Crippen molar-refractivity contribution in [3.63, 3.8) is 0 Å². The quantitative estimate of drug-likeness (QED) is 0.447. The van der Waals surface area contributed by atoms with Crippen LogP contribution in [0.15, 0.2) is 40.3 Å². The van der Waals surface area contributed by atoms with E-state index in [1.165, 1.54) is 16.7 Å². The first-order valence-corrected chi connectivity index (χ1v) is 15.3. The van der Waals surface area contributed by atoms with Crippen molar-refractivity contribution in [3.05, 3.63) is 51.4 Å². The molecule has 40 heavy (non-hydrogen) atoms. The summed E-state index contributed by atoms with van der Waals surface area (Å²) in [6.07, 6.45) is -1.68. The van der Waals surface area contributed by atoms with Crippen molar-refractivity contribution in [2.24, 2.45) is 5.92 Å². The van der Waals surface area contributed by atoms with Crippen LogP contribution >= 0.6 is 11.3 Å². The minimum Gasteiger partial charge on any atom is -0.368 e. The third-order valence-electron chi connectivity index (χ3n) is 7.62. The number of sulfonamides is 1. The van der Waals surface area contributed by atoms with Crippen LogP contribution in [-0.4, -0.2) is 72.3 Å². The minimum absolute atomic E-state index is 0.00536. The molecule has 9 nitrogen and oxygen atoms in total. The number of benzene rings is 1. The van der Waals surface area contributed by atoms with Gasteiger partial charge in [0.05, 0.1) is 17.3 Å². The fraction of sp³-hybridized carbons (Fsp3) is 0.500. The van der Waals surface area contributed by atoms with Crippen molar-refractivity contribution in [2.45, 2.75) is 44.3 Å². The van der Waals surface area contributed by atoms with Crippen LogP contribution in [0.2, 0.25) is 0 Å². The molecule has 2 fully saturated rings. The molecule has 2 aliphatic rings. The van der Waals surface area contributed by atoms with E-state index in [4.69, 9.17) is 0 Å². The van der Waals surface area contributed by atoms with E-state index >= 15 is 0 Å². The number of carbonyl (C=O) groups is 1. The normalized spacial score (nSPS) is 18.0. The number of amides is 1.